The van der Waals surface area contributed by atoms with Crippen molar-refractivity contribution < 1.29 is 19.3 Å². The molecule has 0 radical (unpaired) electrons. The Labute approximate surface area is 216 Å². The van der Waals surface area contributed by atoms with Gasteiger partial charge in [-0.15, -0.1) is 0 Å². The van der Waals surface area contributed by atoms with E-state index < -0.39 is 0 Å². The molecule has 3 heterocycles. The van der Waals surface area contributed by atoms with Crippen molar-refractivity contribution in [3.8, 4) is 11.3 Å². The maximum Gasteiger partial charge on any atom is 0.0969 e. The van der Waals surface area contributed by atoms with Crippen LogP contribution in [0.5, 0.6) is 0 Å². The zero-order valence-electron chi connectivity index (χ0n) is 21.2. The lowest BCUT2D eigenvalue weighted by atomic mass is 9.84. The summed E-state index contributed by atoms with van der Waals surface area (Å²) in [6.45, 7) is 9.23. The lowest BCUT2D eigenvalue weighted by Crippen LogP contribution is -2.25. The minimum absolute atomic E-state index is 0.106. The van der Waals surface area contributed by atoms with Crippen LogP contribution in [-0.4, -0.2) is 54.3 Å². The summed E-state index contributed by atoms with van der Waals surface area (Å²) < 4.78 is 20.9. The summed E-state index contributed by atoms with van der Waals surface area (Å²) in [6.07, 6.45) is 4.54. The van der Waals surface area contributed by atoms with Crippen LogP contribution in [0.25, 0.3) is 22.2 Å². The molecule has 4 rings (SSSR count). The molecule has 0 bridgehead atoms. The van der Waals surface area contributed by atoms with Crippen molar-refractivity contribution in [1.29, 1.82) is 0 Å². The molecule has 0 spiro atoms. The van der Waals surface area contributed by atoms with Gasteiger partial charge in [0.25, 0.3) is 0 Å². The van der Waals surface area contributed by atoms with Gasteiger partial charge in [0.15, 0.2) is 0 Å². The molecule has 0 amide bonds. The summed E-state index contributed by atoms with van der Waals surface area (Å²) in [7, 11) is 1.72. The van der Waals surface area contributed by atoms with Crippen molar-refractivity contribution in [2.24, 2.45) is 5.41 Å². The molecule has 3 aromatic rings. The predicted molar refractivity (Wildman–Crippen MR) is 143 cm³/mol. The minimum Gasteiger partial charge on any atom is -0.396 e. The third-order valence-electron chi connectivity index (χ3n) is 6.88. The number of aliphatic hydroxyl groups is 1. The topological polar surface area (TPSA) is 65.7 Å². The lowest BCUT2D eigenvalue weighted by Gasteiger charge is -2.24. The van der Waals surface area contributed by atoms with Gasteiger partial charge in [-0.25, -0.2) is 0 Å². The molecule has 190 valence electrons. The van der Waals surface area contributed by atoms with Gasteiger partial charge in [0, 0.05) is 60.6 Å². The van der Waals surface area contributed by atoms with Gasteiger partial charge in [-0.3, -0.25) is 4.98 Å². The molecule has 1 atom stereocenters. The van der Waals surface area contributed by atoms with Crippen LogP contribution in [0.15, 0.2) is 41.0 Å². The summed E-state index contributed by atoms with van der Waals surface area (Å²) >= 11 is 3.68. The average molecular weight is 546 g/mol. The maximum absolute atomic E-state index is 10.1. The van der Waals surface area contributed by atoms with Gasteiger partial charge in [-0.1, -0.05) is 29.8 Å². The van der Waals surface area contributed by atoms with Crippen molar-refractivity contribution in [1.82, 2.24) is 9.55 Å². The molecule has 0 unspecified atom stereocenters. The SMILES string of the molecule is CO[C@@H](C)c1ncccc1-c1c(CC(C)(C)CO)c2cc(Br)ccc2n1CCOC1CCOCC1. The number of hydrogen-bond acceptors (Lipinski definition) is 5. The fourth-order valence-corrected chi connectivity index (χ4v) is 5.22. The Morgan fingerprint density at radius 3 is 2.74 bits per heavy atom. The Bertz CT molecular complexity index is 1140. The molecular weight excluding hydrogens is 508 g/mol. The molecule has 1 aliphatic heterocycles. The quantitative estimate of drug-likeness (QED) is 0.342. The number of ether oxygens (including phenoxy) is 3. The van der Waals surface area contributed by atoms with Crippen molar-refractivity contribution >= 4 is 26.8 Å². The van der Waals surface area contributed by atoms with Gasteiger partial charge < -0.3 is 23.9 Å². The third-order valence-corrected chi connectivity index (χ3v) is 7.38. The zero-order chi connectivity index (χ0) is 25.0. The second-order valence-corrected chi connectivity index (χ2v) is 11.1. The smallest absolute Gasteiger partial charge is 0.0969 e. The third kappa shape index (κ3) is 5.97. The fourth-order valence-electron chi connectivity index (χ4n) is 4.86. The number of pyridine rings is 1. The van der Waals surface area contributed by atoms with Gasteiger partial charge in [0.1, 0.15) is 0 Å². The minimum atomic E-state index is -0.274. The first-order valence-corrected chi connectivity index (χ1v) is 13.2. The van der Waals surface area contributed by atoms with Crippen LogP contribution in [0.2, 0.25) is 0 Å². The van der Waals surface area contributed by atoms with E-state index in [0.717, 1.165) is 66.0 Å². The molecule has 1 aliphatic rings. The van der Waals surface area contributed by atoms with E-state index in [1.807, 2.05) is 19.2 Å². The monoisotopic (exact) mass is 544 g/mol. The molecule has 35 heavy (non-hydrogen) atoms. The maximum atomic E-state index is 10.1. The van der Waals surface area contributed by atoms with Gasteiger partial charge in [-0.05, 0) is 67.5 Å². The molecule has 1 saturated heterocycles. The number of rotatable bonds is 10. The molecule has 0 aliphatic carbocycles. The van der Waals surface area contributed by atoms with Crippen LogP contribution in [0.1, 0.15) is 51.0 Å². The molecule has 0 saturated carbocycles. The van der Waals surface area contributed by atoms with E-state index in [2.05, 4.69) is 58.6 Å². The van der Waals surface area contributed by atoms with Crippen LogP contribution in [0.3, 0.4) is 0 Å². The Hall–Kier alpha value is -1.77. The number of hydrogen-bond donors (Lipinski definition) is 1. The normalized spacial score (nSPS) is 16.2. The predicted octanol–water partition coefficient (Wildman–Crippen LogP) is 5.93. The molecule has 1 N–H and O–H groups in total. The first kappa shape index (κ1) is 26.3. The highest BCUT2D eigenvalue weighted by molar-refractivity contribution is 9.10. The van der Waals surface area contributed by atoms with Crippen LogP contribution in [0, 0.1) is 5.41 Å². The van der Waals surface area contributed by atoms with E-state index in [1.54, 1.807) is 7.11 Å². The van der Waals surface area contributed by atoms with E-state index in [1.165, 1.54) is 10.9 Å². The van der Waals surface area contributed by atoms with Crippen LogP contribution in [0.4, 0.5) is 0 Å². The molecular formula is C28H37BrN2O4. The van der Waals surface area contributed by atoms with Gasteiger partial charge in [-0.2, -0.15) is 0 Å². The molecule has 6 nitrogen and oxygen atoms in total. The van der Waals surface area contributed by atoms with E-state index in [0.29, 0.717) is 6.61 Å². The first-order chi connectivity index (χ1) is 16.8. The molecule has 7 heteroatoms. The number of nitrogens with zero attached hydrogens (tertiary/aromatic N) is 2. The Morgan fingerprint density at radius 2 is 2.03 bits per heavy atom. The Balaban J connectivity index is 1.86. The highest BCUT2D eigenvalue weighted by atomic mass is 79.9. The van der Waals surface area contributed by atoms with Crippen LogP contribution in [-0.2, 0) is 27.2 Å². The molecule has 2 aromatic heterocycles. The van der Waals surface area contributed by atoms with Crippen molar-refractivity contribution in [3.63, 3.8) is 0 Å². The number of methoxy groups -OCH3 is 1. The summed E-state index contributed by atoms with van der Waals surface area (Å²) in [5.74, 6) is 0. The summed E-state index contributed by atoms with van der Waals surface area (Å²) in [5, 5.41) is 11.3. The summed E-state index contributed by atoms with van der Waals surface area (Å²) in [4.78, 5) is 4.72. The second kappa shape index (κ2) is 11.5. The zero-order valence-corrected chi connectivity index (χ0v) is 22.8. The lowest BCUT2D eigenvalue weighted by molar-refractivity contribution is -0.0336. The van der Waals surface area contributed by atoms with E-state index in [4.69, 9.17) is 19.2 Å². The Morgan fingerprint density at radius 1 is 1.26 bits per heavy atom. The van der Waals surface area contributed by atoms with Gasteiger partial charge in [0.2, 0.25) is 0 Å². The van der Waals surface area contributed by atoms with E-state index in [-0.39, 0.29) is 24.2 Å². The Kier molecular flexibility index (Phi) is 8.66. The molecule has 1 fully saturated rings. The summed E-state index contributed by atoms with van der Waals surface area (Å²) in [5.41, 5.74) is 5.19. The summed E-state index contributed by atoms with van der Waals surface area (Å²) in [6, 6.07) is 10.6. The number of fused-ring (bicyclic) bond motifs is 1. The van der Waals surface area contributed by atoms with Crippen molar-refractivity contribution in [2.45, 2.75) is 58.8 Å². The highest BCUT2D eigenvalue weighted by Crippen LogP contribution is 2.41. The largest absolute Gasteiger partial charge is 0.396 e. The van der Waals surface area contributed by atoms with Crippen molar-refractivity contribution in [2.75, 3.05) is 33.5 Å². The number of benzene rings is 1. The average Bonchev–Trinajstić information content (AvgIpc) is 3.15. The van der Waals surface area contributed by atoms with Crippen LogP contribution >= 0.6 is 15.9 Å². The van der Waals surface area contributed by atoms with E-state index >= 15 is 0 Å². The standard InChI is InChI=1S/C28H37BrN2O4/c1-19(33-4)26-22(6-5-11-30-26)27-24(17-28(2,3)18-32)23-16-20(29)7-8-25(23)31(27)12-15-35-21-9-13-34-14-10-21/h5-8,11,16,19,21,32H,9-10,12-15,17-18H2,1-4H3/t19-/m0/s1. The first-order valence-electron chi connectivity index (χ1n) is 12.4. The highest BCUT2D eigenvalue weighted by Gasteiger charge is 2.28. The second-order valence-electron chi connectivity index (χ2n) is 10.1. The van der Waals surface area contributed by atoms with Crippen molar-refractivity contribution in [3.05, 3.63) is 52.3 Å². The number of aliphatic hydroxyl groups excluding tert-OH is 1. The van der Waals surface area contributed by atoms with Crippen LogP contribution < -0.4 is 0 Å². The van der Waals surface area contributed by atoms with E-state index in [9.17, 15) is 5.11 Å². The van der Waals surface area contributed by atoms with Gasteiger partial charge >= 0.3 is 0 Å². The fraction of sp³-hybridized carbons (Fsp3) is 0.536. The number of halogens is 1. The number of aromatic nitrogens is 2. The van der Waals surface area contributed by atoms with Gasteiger partial charge in [0.05, 0.1) is 30.2 Å². The molecule has 1 aromatic carbocycles.